The molecule has 20 heavy (non-hydrogen) atoms. The van der Waals surface area contributed by atoms with Crippen LogP contribution in [0.5, 0.6) is 0 Å². The molecule has 0 saturated heterocycles. The van der Waals surface area contributed by atoms with Gasteiger partial charge in [-0.3, -0.25) is 4.98 Å². The number of pyridine rings is 1. The molecule has 0 saturated carbocycles. The van der Waals surface area contributed by atoms with Crippen molar-refractivity contribution in [1.82, 2.24) is 10.3 Å². The number of benzene rings is 1. The lowest BCUT2D eigenvalue weighted by molar-refractivity contribution is 0.608. The number of fused-ring (bicyclic) bond motifs is 1. The molecule has 3 heteroatoms. The van der Waals surface area contributed by atoms with Crippen LogP contribution >= 0.6 is 11.8 Å². The molecule has 2 rings (SSSR count). The molecule has 1 aromatic carbocycles. The van der Waals surface area contributed by atoms with Crippen molar-refractivity contribution in [2.24, 2.45) is 0 Å². The highest BCUT2D eigenvalue weighted by atomic mass is 32.2. The molecule has 0 aliphatic heterocycles. The minimum atomic E-state index is 0.395. The first-order valence-corrected chi connectivity index (χ1v) is 8.49. The van der Waals surface area contributed by atoms with Crippen LogP contribution in [-0.2, 0) is 0 Å². The van der Waals surface area contributed by atoms with Gasteiger partial charge in [-0.15, -0.1) is 0 Å². The van der Waals surface area contributed by atoms with E-state index in [0.717, 1.165) is 17.8 Å². The van der Waals surface area contributed by atoms with Gasteiger partial charge in [0.1, 0.15) is 0 Å². The second-order valence-corrected chi connectivity index (χ2v) is 6.55. The number of hydrogen-bond donors (Lipinski definition) is 1. The van der Waals surface area contributed by atoms with Crippen molar-refractivity contribution in [3.05, 3.63) is 42.1 Å². The van der Waals surface area contributed by atoms with E-state index in [1.54, 1.807) is 0 Å². The summed E-state index contributed by atoms with van der Waals surface area (Å²) in [6, 6.07) is 11.0. The Morgan fingerprint density at radius 2 is 2.05 bits per heavy atom. The zero-order valence-corrected chi connectivity index (χ0v) is 13.4. The molecule has 1 heterocycles. The highest BCUT2D eigenvalue weighted by Gasteiger charge is 2.14. The number of aromatic nitrogens is 1. The Hall–Kier alpha value is -1.06. The quantitative estimate of drug-likeness (QED) is 0.816. The van der Waals surface area contributed by atoms with Crippen molar-refractivity contribution >= 4 is 22.7 Å². The first-order valence-electron chi connectivity index (χ1n) is 7.44. The van der Waals surface area contributed by atoms with E-state index in [-0.39, 0.29) is 0 Å². The topological polar surface area (TPSA) is 24.9 Å². The van der Waals surface area contributed by atoms with E-state index in [2.05, 4.69) is 55.3 Å². The summed E-state index contributed by atoms with van der Waals surface area (Å²) in [4.78, 5) is 4.46. The third-order valence-electron chi connectivity index (χ3n) is 3.63. The summed E-state index contributed by atoms with van der Waals surface area (Å²) < 4.78 is 0. The smallest absolute Gasteiger partial charge is 0.0705 e. The largest absolute Gasteiger partial charge is 0.309 e. The average Bonchev–Trinajstić information content (AvgIpc) is 2.50. The van der Waals surface area contributed by atoms with Crippen molar-refractivity contribution in [3.8, 4) is 0 Å². The number of rotatable bonds is 7. The predicted octanol–water partition coefficient (Wildman–Crippen LogP) is 4.42. The monoisotopic (exact) mass is 288 g/mol. The van der Waals surface area contributed by atoms with E-state index < -0.39 is 0 Å². The van der Waals surface area contributed by atoms with Crippen molar-refractivity contribution < 1.29 is 0 Å². The zero-order chi connectivity index (χ0) is 14.4. The van der Waals surface area contributed by atoms with E-state index in [1.165, 1.54) is 17.4 Å². The summed E-state index contributed by atoms with van der Waals surface area (Å²) in [7, 11) is 0. The van der Waals surface area contributed by atoms with Crippen LogP contribution in [0.4, 0.5) is 0 Å². The minimum absolute atomic E-state index is 0.395. The normalized spacial score (nSPS) is 14.3. The summed E-state index contributed by atoms with van der Waals surface area (Å²) >= 11 is 2.04. The Balaban J connectivity index is 2.26. The Morgan fingerprint density at radius 1 is 1.20 bits per heavy atom. The van der Waals surface area contributed by atoms with Gasteiger partial charge in [0.15, 0.2) is 0 Å². The molecule has 0 amide bonds. The van der Waals surface area contributed by atoms with Gasteiger partial charge < -0.3 is 5.32 Å². The maximum absolute atomic E-state index is 4.46. The zero-order valence-electron chi connectivity index (χ0n) is 12.6. The average molecular weight is 288 g/mol. The second kappa shape index (κ2) is 7.65. The third kappa shape index (κ3) is 3.74. The van der Waals surface area contributed by atoms with E-state index in [4.69, 9.17) is 0 Å². The predicted molar refractivity (Wildman–Crippen MR) is 90.4 cm³/mol. The molecule has 0 aliphatic carbocycles. The molecule has 2 aromatic rings. The number of thioether (sulfide) groups is 1. The fourth-order valence-corrected chi connectivity index (χ4v) is 3.37. The molecule has 0 fully saturated rings. The van der Waals surface area contributed by atoms with Gasteiger partial charge >= 0.3 is 0 Å². The maximum atomic E-state index is 4.46. The molecule has 2 unspecified atom stereocenters. The van der Waals surface area contributed by atoms with Crippen LogP contribution in [0.1, 0.15) is 38.8 Å². The van der Waals surface area contributed by atoms with Crippen molar-refractivity contribution in [3.63, 3.8) is 0 Å². The molecule has 2 nitrogen and oxygen atoms in total. The van der Waals surface area contributed by atoms with Gasteiger partial charge in [0.25, 0.3) is 0 Å². The molecule has 0 aliphatic rings. The van der Waals surface area contributed by atoms with Crippen LogP contribution in [-0.4, -0.2) is 22.5 Å². The third-order valence-corrected chi connectivity index (χ3v) is 5.06. The lowest BCUT2D eigenvalue weighted by Gasteiger charge is -2.21. The highest BCUT2D eigenvalue weighted by Crippen LogP contribution is 2.27. The van der Waals surface area contributed by atoms with Gasteiger partial charge in [-0.2, -0.15) is 11.8 Å². The summed E-state index contributed by atoms with van der Waals surface area (Å²) in [5.74, 6) is 1.11. The van der Waals surface area contributed by atoms with E-state index in [1.807, 2.05) is 24.0 Å². The number of nitrogens with zero attached hydrogens (tertiary/aromatic N) is 1. The summed E-state index contributed by atoms with van der Waals surface area (Å²) in [6.45, 7) is 7.72. The van der Waals surface area contributed by atoms with E-state index in [0.29, 0.717) is 11.3 Å². The summed E-state index contributed by atoms with van der Waals surface area (Å²) in [5, 5.41) is 5.60. The minimum Gasteiger partial charge on any atom is -0.309 e. The Labute approximate surface area is 126 Å². The fourth-order valence-electron chi connectivity index (χ4n) is 2.31. The standard InChI is InChI=1S/C17H24N2S/c1-4-13(3)20-12-17(18-5-2)15-8-6-10-16-14(15)9-7-11-19-16/h6-11,13,17-18H,4-5,12H2,1-3H3. The van der Waals surface area contributed by atoms with Gasteiger partial charge in [-0.05, 0) is 30.7 Å². The number of nitrogens with one attached hydrogen (secondary N) is 1. The fraction of sp³-hybridized carbons (Fsp3) is 0.471. The van der Waals surface area contributed by atoms with Gasteiger partial charge in [0, 0.05) is 28.6 Å². The number of hydrogen-bond acceptors (Lipinski definition) is 3. The molecular formula is C17H24N2S. The van der Waals surface area contributed by atoms with Crippen LogP contribution in [0.15, 0.2) is 36.5 Å². The highest BCUT2D eigenvalue weighted by molar-refractivity contribution is 7.99. The van der Waals surface area contributed by atoms with E-state index in [9.17, 15) is 0 Å². The SMILES string of the molecule is CCNC(CSC(C)CC)c1cccc2ncccc12. The lowest BCUT2D eigenvalue weighted by atomic mass is 10.0. The molecule has 108 valence electrons. The maximum Gasteiger partial charge on any atom is 0.0705 e. The first kappa shape index (κ1) is 15.3. The van der Waals surface area contributed by atoms with Crippen molar-refractivity contribution in [1.29, 1.82) is 0 Å². The molecule has 2 atom stereocenters. The van der Waals surface area contributed by atoms with Crippen molar-refractivity contribution in [2.45, 2.75) is 38.5 Å². The second-order valence-electron chi connectivity index (χ2n) is 5.08. The molecule has 0 bridgehead atoms. The van der Waals surface area contributed by atoms with Crippen LogP contribution < -0.4 is 5.32 Å². The summed E-state index contributed by atoms with van der Waals surface area (Å²) in [5.41, 5.74) is 2.45. The Morgan fingerprint density at radius 3 is 2.80 bits per heavy atom. The van der Waals surface area contributed by atoms with E-state index >= 15 is 0 Å². The van der Waals surface area contributed by atoms with Gasteiger partial charge in [-0.1, -0.05) is 39.0 Å². The van der Waals surface area contributed by atoms with Crippen LogP contribution in [0.25, 0.3) is 10.9 Å². The van der Waals surface area contributed by atoms with Gasteiger partial charge in [-0.25, -0.2) is 0 Å². The molecule has 0 radical (unpaired) electrons. The molecule has 0 spiro atoms. The first-order chi connectivity index (χ1) is 9.76. The Bertz CT molecular complexity index is 536. The van der Waals surface area contributed by atoms with Gasteiger partial charge in [0.2, 0.25) is 0 Å². The van der Waals surface area contributed by atoms with Crippen molar-refractivity contribution in [2.75, 3.05) is 12.3 Å². The van der Waals surface area contributed by atoms with Crippen LogP contribution in [0, 0.1) is 0 Å². The van der Waals surface area contributed by atoms with Crippen LogP contribution in [0.2, 0.25) is 0 Å². The lowest BCUT2D eigenvalue weighted by Crippen LogP contribution is -2.24. The summed E-state index contributed by atoms with van der Waals surface area (Å²) in [6.07, 6.45) is 3.09. The Kier molecular flexibility index (Phi) is 5.86. The van der Waals surface area contributed by atoms with Gasteiger partial charge in [0.05, 0.1) is 5.52 Å². The molecule has 1 N–H and O–H groups in total. The molecular weight excluding hydrogens is 264 g/mol. The van der Waals surface area contributed by atoms with Crippen LogP contribution in [0.3, 0.4) is 0 Å². The molecule has 1 aromatic heterocycles.